The van der Waals surface area contributed by atoms with Crippen molar-refractivity contribution in [1.29, 1.82) is 0 Å². The van der Waals surface area contributed by atoms with Gasteiger partial charge >= 0.3 is 6.61 Å². The number of carbonyl (C=O) groups is 3. The molecule has 36 heavy (non-hydrogen) atoms. The number of fused-ring (bicyclic) bond motifs is 1. The van der Waals surface area contributed by atoms with E-state index in [4.69, 9.17) is 4.74 Å². The molecule has 1 aliphatic rings. The summed E-state index contributed by atoms with van der Waals surface area (Å²) in [5.74, 6) is -1.13. The topological polar surface area (TPSA) is 84.9 Å². The van der Waals surface area contributed by atoms with Crippen molar-refractivity contribution in [1.82, 2.24) is 10.2 Å². The molecule has 0 fully saturated rings. The van der Waals surface area contributed by atoms with Crippen LogP contribution in [-0.2, 0) is 12.8 Å². The highest BCUT2D eigenvalue weighted by molar-refractivity contribution is 6.22. The minimum Gasteiger partial charge on any atom is -0.493 e. The molecule has 1 N–H and O–H groups in total. The largest absolute Gasteiger partial charge is 0.493 e. The predicted octanol–water partition coefficient (Wildman–Crippen LogP) is 4.11. The molecule has 3 amide bonds. The van der Waals surface area contributed by atoms with Gasteiger partial charge in [-0.3, -0.25) is 19.3 Å². The van der Waals surface area contributed by atoms with Crippen LogP contribution in [0.5, 0.6) is 11.5 Å². The molecule has 0 bridgehead atoms. The number of rotatable bonds is 10. The summed E-state index contributed by atoms with van der Waals surface area (Å²) < 4.78 is 34.7. The van der Waals surface area contributed by atoms with Crippen molar-refractivity contribution in [2.24, 2.45) is 0 Å². The molecule has 0 saturated carbocycles. The monoisotopic (exact) mass is 494 g/mol. The van der Waals surface area contributed by atoms with Gasteiger partial charge in [0.25, 0.3) is 17.7 Å². The van der Waals surface area contributed by atoms with Crippen molar-refractivity contribution < 1.29 is 32.6 Å². The van der Waals surface area contributed by atoms with Crippen molar-refractivity contribution in [3.8, 4) is 11.5 Å². The molecule has 0 radical (unpaired) electrons. The number of ether oxygens (including phenoxy) is 2. The number of imide groups is 1. The van der Waals surface area contributed by atoms with Gasteiger partial charge in [0.1, 0.15) is 0 Å². The highest BCUT2D eigenvalue weighted by Crippen LogP contribution is 2.29. The summed E-state index contributed by atoms with van der Waals surface area (Å²) in [7, 11) is 1.35. The Morgan fingerprint density at radius 2 is 1.64 bits per heavy atom. The van der Waals surface area contributed by atoms with Crippen molar-refractivity contribution in [2.75, 3.05) is 20.2 Å². The Hall–Kier alpha value is -4.27. The highest BCUT2D eigenvalue weighted by Gasteiger charge is 2.35. The summed E-state index contributed by atoms with van der Waals surface area (Å²) in [6.45, 7) is -2.53. The fraction of sp³-hybridized carbons (Fsp3) is 0.222. The first-order valence-electron chi connectivity index (χ1n) is 11.3. The van der Waals surface area contributed by atoms with Crippen LogP contribution in [-0.4, -0.2) is 49.4 Å². The van der Waals surface area contributed by atoms with E-state index in [9.17, 15) is 23.2 Å². The molecule has 0 unspecified atom stereocenters. The van der Waals surface area contributed by atoms with Gasteiger partial charge in [0.15, 0.2) is 11.5 Å². The van der Waals surface area contributed by atoms with E-state index in [0.29, 0.717) is 18.4 Å². The quantitative estimate of drug-likeness (QED) is 0.429. The standard InChI is InChI=1S/C27H24F2N2O5/c1-35-22-10-7-18(15-23(22)36-27(28)29)11-13-30-24(32)19-8-9-20-21(16-19)26(34)31(25(20)33)14-12-17-5-3-2-4-6-17/h2-10,15-16,27H,11-14H2,1H3,(H,30,32). The number of carbonyl (C=O) groups excluding carboxylic acids is 3. The zero-order valence-electron chi connectivity index (χ0n) is 19.5. The number of nitrogens with zero attached hydrogens (tertiary/aromatic N) is 1. The maximum Gasteiger partial charge on any atom is 0.387 e. The molecule has 186 valence electrons. The van der Waals surface area contributed by atoms with Crippen molar-refractivity contribution in [2.45, 2.75) is 19.5 Å². The van der Waals surface area contributed by atoms with E-state index < -0.39 is 18.4 Å². The van der Waals surface area contributed by atoms with E-state index in [1.54, 1.807) is 6.07 Å². The van der Waals surface area contributed by atoms with Crippen LogP contribution in [0.15, 0.2) is 66.7 Å². The molecule has 7 nitrogen and oxygen atoms in total. The van der Waals surface area contributed by atoms with Crippen molar-refractivity contribution >= 4 is 17.7 Å². The van der Waals surface area contributed by atoms with Crippen LogP contribution in [0.4, 0.5) is 8.78 Å². The molecule has 1 aliphatic heterocycles. The maximum atomic E-state index is 12.9. The first-order chi connectivity index (χ1) is 17.4. The lowest BCUT2D eigenvalue weighted by atomic mass is 10.1. The molecule has 0 aliphatic carbocycles. The highest BCUT2D eigenvalue weighted by atomic mass is 19.3. The van der Waals surface area contributed by atoms with Gasteiger partial charge in [-0.1, -0.05) is 36.4 Å². The normalized spacial score (nSPS) is 12.6. The van der Waals surface area contributed by atoms with Crippen LogP contribution in [0, 0.1) is 0 Å². The molecule has 3 aromatic carbocycles. The minimum absolute atomic E-state index is 0.0880. The Morgan fingerprint density at radius 1 is 0.889 bits per heavy atom. The minimum atomic E-state index is -2.99. The van der Waals surface area contributed by atoms with Crippen LogP contribution in [0.2, 0.25) is 0 Å². The third-order valence-corrected chi connectivity index (χ3v) is 5.84. The van der Waals surface area contributed by atoms with Gasteiger partial charge < -0.3 is 14.8 Å². The molecule has 4 rings (SSSR count). The molecular formula is C27H24F2N2O5. The van der Waals surface area contributed by atoms with Gasteiger partial charge in [0, 0.05) is 18.7 Å². The lowest BCUT2D eigenvalue weighted by Crippen LogP contribution is -2.31. The second-order valence-electron chi connectivity index (χ2n) is 8.13. The second kappa shape index (κ2) is 11.0. The Kier molecular flexibility index (Phi) is 7.58. The summed E-state index contributed by atoms with van der Waals surface area (Å²) >= 11 is 0. The van der Waals surface area contributed by atoms with Crippen molar-refractivity contribution in [3.05, 3.63) is 94.5 Å². The van der Waals surface area contributed by atoms with Gasteiger partial charge in [-0.05, 0) is 54.3 Å². The zero-order valence-corrected chi connectivity index (χ0v) is 19.5. The number of methoxy groups -OCH3 is 1. The molecule has 3 aromatic rings. The Bertz CT molecular complexity index is 1280. The van der Waals surface area contributed by atoms with Crippen LogP contribution in [0.1, 0.15) is 42.2 Å². The second-order valence-corrected chi connectivity index (χ2v) is 8.13. The van der Waals surface area contributed by atoms with Crippen LogP contribution in [0.3, 0.4) is 0 Å². The van der Waals surface area contributed by atoms with E-state index in [2.05, 4.69) is 10.1 Å². The van der Waals surface area contributed by atoms with E-state index >= 15 is 0 Å². The van der Waals surface area contributed by atoms with Gasteiger partial charge in [0.05, 0.1) is 18.2 Å². The van der Waals surface area contributed by atoms with Gasteiger partial charge in [-0.25, -0.2) is 0 Å². The predicted molar refractivity (Wildman–Crippen MR) is 128 cm³/mol. The molecule has 9 heteroatoms. The van der Waals surface area contributed by atoms with E-state index in [0.717, 1.165) is 5.56 Å². The lowest BCUT2D eigenvalue weighted by Gasteiger charge is -2.13. The lowest BCUT2D eigenvalue weighted by molar-refractivity contribution is -0.0512. The average Bonchev–Trinajstić information content (AvgIpc) is 3.11. The summed E-state index contributed by atoms with van der Waals surface area (Å²) in [6, 6.07) is 18.6. The number of hydrogen-bond acceptors (Lipinski definition) is 5. The van der Waals surface area contributed by atoms with Gasteiger partial charge in [-0.2, -0.15) is 8.78 Å². The smallest absolute Gasteiger partial charge is 0.387 e. The number of hydrogen-bond donors (Lipinski definition) is 1. The first-order valence-corrected chi connectivity index (χ1v) is 11.3. The fourth-order valence-corrected chi connectivity index (χ4v) is 4.01. The number of halogens is 2. The molecule has 1 heterocycles. The third kappa shape index (κ3) is 5.51. The molecular weight excluding hydrogens is 470 g/mol. The molecule has 0 saturated heterocycles. The Labute approximate surface area is 206 Å². The summed E-state index contributed by atoms with van der Waals surface area (Å²) in [4.78, 5) is 39.4. The summed E-state index contributed by atoms with van der Waals surface area (Å²) in [6.07, 6.45) is 0.889. The first kappa shape index (κ1) is 24.8. The maximum absolute atomic E-state index is 12.9. The van der Waals surface area contributed by atoms with Crippen LogP contribution >= 0.6 is 0 Å². The molecule has 0 atom stereocenters. The zero-order chi connectivity index (χ0) is 25.7. The number of nitrogens with one attached hydrogen (secondary N) is 1. The van der Waals surface area contributed by atoms with Gasteiger partial charge in [-0.15, -0.1) is 0 Å². The van der Waals surface area contributed by atoms with Gasteiger partial charge in [0.2, 0.25) is 0 Å². The van der Waals surface area contributed by atoms with E-state index in [-0.39, 0.29) is 47.2 Å². The summed E-state index contributed by atoms with van der Waals surface area (Å²) in [5.41, 5.74) is 2.39. The van der Waals surface area contributed by atoms with Crippen LogP contribution in [0.25, 0.3) is 0 Å². The summed E-state index contributed by atoms with van der Waals surface area (Å²) in [5, 5.41) is 2.74. The molecule has 0 aromatic heterocycles. The fourth-order valence-electron chi connectivity index (χ4n) is 4.01. The average molecular weight is 494 g/mol. The Balaban J connectivity index is 1.37. The third-order valence-electron chi connectivity index (χ3n) is 5.84. The number of alkyl halides is 2. The van der Waals surface area contributed by atoms with E-state index in [1.165, 1.54) is 42.3 Å². The van der Waals surface area contributed by atoms with Crippen LogP contribution < -0.4 is 14.8 Å². The molecule has 0 spiro atoms. The van der Waals surface area contributed by atoms with E-state index in [1.807, 2.05) is 30.3 Å². The Morgan fingerprint density at radius 3 is 2.36 bits per heavy atom. The number of benzene rings is 3. The number of amides is 3. The van der Waals surface area contributed by atoms with Crippen molar-refractivity contribution in [3.63, 3.8) is 0 Å². The SMILES string of the molecule is COc1ccc(CCNC(=O)c2ccc3c(c2)C(=O)N(CCc2ccccc2)C3=O)cc1OC(F)F.